The van der Waals surface area contributed by atoms with Gasteiger partial charge in [-0.25, -0.2) is 0 Å². The highest BCUT2D eigenvalue weighted by molar-refractivity contribution is 5.14. The highest BCUT2D eigenvalue weighted by atomic mass is 16.5. The van der Waals surface area contributed by atoms with Gasteiger partial charge in [-0.15, -0.1) is 0 Å². The predicted molar refractivity (Wildman–Crippen MR) is 81.4 cm³/mol. The average Bonchev–Trinajstić information content (AvgIpc) is 2.49. The van der Waals surface area contributed by atoms with Crippen molar-refractivity contribution in [2.45, 2.75) is 32.9 Å². The van der Waals surface area contributed by atoms with E-state index in [4.69, 9.17) is 4.74 Å². The molecule has 1 aromatic carbocycles. The Hall–Kier alpha value is -0.900. The van der Waals surface area contributed by atoms with Gasteiger partial charge in [0.15, 0.2) is 0 Å². The van der Waals surface area contributed by atoms with Crippen molar-refractivity contribution >= 4 is 0 Å². The smallest absolute Gasteiger partial charge is 0.0477 e. The van der Waals surface area contributed by atoms with Gasteiger partial charge in [0.25, 0.3) is 0 Å². The fraction of sp³-hybridized carbons (Fsp3) is 0.625. The monoisotopic (exact) mass is 264 g/mol. The lowest BCUT2D eigenvalue weighted by Gasteiger charge is -2.33. The van der Waals surface area contributed by atoms with E-state index in [2.05, 4.69) is 40.5 Å². The molecule has 1 N–H and O–H groups in total. The molecule has 0 aliphatic carbocycles. The Morgan fingerprint density at radius 1 is 1.26 bits per heavy atom. The van der Waals surface area contributed by atoms with Crippen molar-refractivity contribution in [3.63, 3.8) is 0 Å². The summed E-state index contributed by atoms with van der Waals surface area (Å²) in [5, 5.41) is 3.55. The zero-order valence-corrected chi connectivity index (χ0v) is 12.6. The first-order chi connectivity index (χ1) is 9.38. The van der Waals surface area contributed by atoms with Crippen LogP contribution >= 0.6 is 0 Å². The maximum absolute atomic E-state index is 5.14. The SMILES string of the molecule is CC.COCCC1CN(Cc2ccccc2)CCN1. The van der Waals surface area contributed by atoms with Crippen LogP contribution in [0.25, 0.3) is 0 Å². The predicted octanol–water partition coefficient (Wildman–Crippen LogP) is 2.52. The van der Waals surface area contributed by atoms with Crippen LogP contribution in [0.4, 0.5) is 0 Å². The van der Waals surface area contributed by atoms with E-state index in [1.807, 2.05) is 13.8 Å². The third-order valence-corrected chi connectivity index (χ3v) is 3.26. The number of methoxy groups -OCH3 is 1. The summed E-state index contributed by atoms with van der Waals surface area (Å²) < 4.78 is 5.14. The Kier molecular flexibility index (Phi) is 8.47. The van der Waals surface area contributed by atoms with Crippen molar-refractivity contribution in [2.75, 3.05) is 33.4 Å². The number of hydrogen-bond donors (Lipinski definition) is 1. The second-order valence-corrected chi connectivity index (χ2v) is 4.65. The normalized spacial score (nSPS) is 19.6. The minimum atomic E-state index is 0.576. The van der Waals surface area contributed by atoms with Crippen LogP contribution in [-0.4, -0.2) is 44.3 Å². The summed E-state index contributed by atoms with van der Waals surface area (Å²) in [6, 6.07) is 11.3. The molecule has 1 aliphatic heterocycles. The summed E-state index contributed by atoms with van der Waals surface area (Å²) in [6.45, 7) is 9.25. The summed E-state index contributed by atoms with van der Waals surface area (Å²) >= 11 is 0. The van der Waals surface area contributed by atoms with Crippen molar-refractivity contribution in [2.24, 2.45) is 0 Å². The summed E-state index contributed by atoms with van der Waals surface area (Å²) in [5.74, 6) is 0. The minimum absolute atomic E-state index is 0.576. The van der Waals surface area contributed by atoms with Gasteiger partial charge in [-0.2, -0.15) is 0 Å². The molecule has 0 saturated carbocycles. The lowest BCUT2D eigenvalue weighted by molar-refractivity contribution is 0.144. The molecule has 1 aromatic rings. The number of ether oxygens (including phenoxy) is 1. The van der Waals surface area contributed by atoms with E-state index < -0.39 is 0 Å². The van der Waals surface area contributed by atoms with Crippen molar-refractivity contribution < 1.29 is 4.74 Å². The van der Waals surface area contributed by atoms with Crippen molar-refractivity contribution in [3.05, 3.63) is 35.9 Å². The molecule has 0 spiro atoms. The largest absolute Gasteiger partial charge is 0.385 e. The zero-order chi connectivity index (χ0) is 13.9. The van der Waals surface area contributed by atoms with Gasteiger partial charge in [0.1, 0.15) is 0 Å². The zero-order valence-electron chi connectivity index (χ0n) is 12.6. The fourth-order valence-corrected chi connectivity index (χ4v) is 2.33. The van der Waals surface area contributed by atoms with E-state index >= 15 is 0 Å². The highest BCUT2D eigenvalue weighted by Crippen LogP contribution is 2.08. The summed E-state index contributed by atoms with van der Waals surface area (Å²) in [4.78, 5) is 2.52. The van der Waals surface area contributed by atoms with Gasteiger partial charge in [0, 0.05) is 45.9 Å². The first-order valence-corrected chi connectivity index (χ1v) is 7.37. The number of benzene rings is 1. The molecule has 1 atom stereocenters. The molecule has 1 heterocycles. The van der Waals surface area contributed by atoms with Crippen LogP contribution in [0.5, 0.6) is 0 Å². The van der Waals surface area contributed by atoms with E-state index in [-0.39, 0.29) is 0 Å². The van der Waals surface area contributed by atoms with Crippen molar-refractivity contribution in [1.29, 1.82) is 0 Å². The van der Waals surface area contributed by atoms with E-state index in [0.717, 1.165) is 39.2 Å². The van der Waals surface area contributed by atoms with Crippen LogP contribution < -0.4 is 5.32 Å². The summed E-state index contributed by atoms with van der Waals surface area (Å²) in [6.07, 6.45) is 1.10. The molecule has 1 aliphatic rings. The Labute approximate surface area is 118 Å². The van der Waals surface area contributed by atoms with Crippen LogP contribution in [0.2, 0.25) is 0 Å². The van der Waals surface area contributed by atoms with Gasteiger partial charge in [0.2, 0.25) is 0 Å². The number of nitrogens with zero attached hydrogens (tertiary/aromatic N) is 1. The quantitative estimate of drug-likeness (QED) is 0.884. The van der Waals surface area contributed by atoms with E-state index in [9.17, 15) is 0 Å². The number of nitrogens with one attached hydrogen (secondary N) is 1. The second kappa shape index (κ2) is 9.96. The molecule has 19 heavy (non-hydrogen) atoms. The molecule has 108 valence electrons. The molecule has 3 heteroatoms. The Morgan fingerprint density at radius 3 is 2.68 bits per heavy atom. The molecule has 0 amide bonds. The molecule has 0 aromatic heterocycles. The maximum atomic E-state index is 5.14. The standard InChI is InChI=1S/C14H22N2O.C2H6/c1-17-10-7-14-12-16(9-8-15-14)11-13-5-3-2-4-6-13;1-2/h2-6,14-15H,7-12H2,1H3;1-2H3. The van der Waals surface area contributed by atoms with E-state index in [0.29, 0.717) is 6.04 Å². The highest BCUT2D eigenvalue weighted by Gasteiger charge is 2.18. The lowest BCUT2D eigenvalue weighted by atomic mass is 10.1. The van der Waals surface area contributed by atoms with Gasteiger partial charge in [0.05, 0.1) is 0 Å². The molecule has 2 rings (SSSR count). The summed E-state index contributed by atoms with van der Waals surface area (Å²) in [5.41, 5.74) is 1.40. The van der Waals surface area contributed by atoms with E-state index in [1.54, 1.807) is 7.11 Å². The van der Waals surface area contributed by atoms with Crippen molar-refractivity contribution in [1.82, 2.24) is 10.2 Å². The van der Waals surface area contributed by atoms with Crippen LogP contribution in [0.1, 0.15) is 25.8 Å². The number of rotatable bonds is 5. The molecule has 3 nitrogen and oxygen atoms in total. The molecule has 1 saturated heterocycles. The van der Waals surface area contributed by atoms with Gasteiger partial charge in [-0.1, -0.05) is 44.2 Å². The van der Waals surface area contributed by atoms with Gasteiger partial charge in [-0.3, -0.25) is 4.90 Å². The Bertz CT molecular complexity index is 316. The molecule has 1 fully saturated rings. The number of piperazine rings is 1. The Balaban J connectivity index is 0.000000861. The first kappa shape index (κ1) is 16.2. The van der Waals surface area contributed by atoms with E-state index in [1.165, 1.54) is 5.56 Å². The third kappa shape index (κ3) is 6.19. The van der Waals surface area contributed by atoms with Gasteiger partial charge in [-0.05, 0) is 12.0 Å². The maximum Gasteiger partial charge on any atom is 0.0477 e. The van der Waals surface area contributed by atoms with Crippen molar-refractivity contribution in [3.8, 4) is 0 Å². The topological polar surface area (TPSA) is 24.5 Å². The number of hydrogen-bond acceptors (Lipinski definition) is 3. The lowest BCUT2D eigenvalue weighted by Crippen LogP contribution is -2.50. The van der Waals surface area contributed by atoms with Crippen LogP contribution in [-0.2, 0) is 11.3 Å². The van der Waals surface area contributed by atoms with Crippen LogP contribution in [0.3, 0.4) is 0 Å². The first-order valence-electron chi connectivity index (χ1n) is 7.37. The van der Waals surface area contributed by atoms with Crippen LogP contribution in [0.15, 0.2) is 30.3 Å². The average molecular weight is 264 g/mol. The summed E-state index contributed by atoms with van der Waals surface area (Å²) in [7, 11) is 1.77. The van der Waals surface area contributed by atoms with Crippen LogP contribution in [0, 0.1) is 0 Å². The molecule has 1 unspecified atom stereocenters. The fourth-order valence-electron chi connectivity index (χ4n) is 2.33. The molecule has 0 bridgehead atoms. The molecule has 0 radical (unpaired) electrons. The third-order valence-electron chi connectivity index (χ3n) is 3.26. The Morgan fingerprint density at radius 2 is 2.00 bits per heavy atom. The van der Waals surface area contributed by atoms with Gasteiger partial charge < -0.3 is 10.1 Å². The van der Waals surface area contributed by atoms with Gasteiger partial charge >= 0.3 is 0 Å². The molecular formula is C16H28N2O. The second-order valence-electron chi connectivity index (χ2n) is 4.65. The molecular weight excluding hydrogens is 236 g/mol. The minimum Gasteiger partial charge on any atom is -0.385 e.